The van der Waals surface area contributed by atoms with Gasteiger partial charge in [-0.05, 0) is 55.7 Å². The molecule has 0 fully saturated rings. The minimum absolute atomic E-state index is 0.138. The fraction of sp³-hybridized carbons (Fsp3) is 0.259. The molecule has 0 bridgehead atoms. The Bertz CT molecular complexity index is 1070. The third-order valence-electron chi connectivity index (χ3n) is 5.51. The zero-order chi connectivity index (χ0) is 23.2. The Kier molecular flexibility index (Phi) is 7.17. The Labute approximate surface area is 193 Å². The van der Waals surface area contributed by atoms with Gasteiger partial charge in [-0.25, -0.2) is 4.90 Å². The molecule has 6 heteroatoms. The van der Waals surface area contributed by atoms with E-state index in [-0.39, 0.29) is 18.5 Å². The normalized spacial score (nSPS) is 13.8. The lowest BCUT2D eigenvalue weighted by molar-refractivity contribution is -0.145. The van der Waals surface area contributed by atoms with Crippen molar-refractivity contribution in [3.63, 3.8) is 0 Å². The topological polar surface area (TPSA) is 65.1 Å². The van der Waals surface area contributed by atoms with Crippen molar-refractivity contribution >= 4 is 11.8 Å². The molecule has 2 amide bonds. The average molecular weight is 446 g/mol. The van der Waals surface area contributed by atoms with Crippen LogP contribution < -0.4 is 4.74 Å². The summed E-state index contributed by atoms with van der Waals surface area (Å²) in [7, 11) is 0. The van der Waals surface area contributed by atoms with E-state index in [0.717, 1.165) is 21.8 Å². The van der Waals surface area contributed by atoms with E-state index in [4.69, 9.17) is 14.2 Å². The molecule has 6 nitrogen and oxygen atoms in total. The summed E-state index contributed by atoms with van der Waals surface area (Å²) < 4.78 is 17.1. The molecule has 4 rings (SSSR count). The maximum atomic E-state index is 12.4. The summed E-state index contributed by atoms with van der Waals surface area (Å²) in [6.07, 6.45) is 0.158. The van der Waals surface area contributed by atoms with Gasteiger partial charge in [-0.15, -0.1) is 0 Å². The van der Waals surface area contributed by atoms with E-state index in [0.29, 0.717) is 30.8 Å². The molecule has 170 valence electrons. The number of hydrogen-bond acceptors (Lipinski definition) is 5. The van der Waals surface area contributed by atoms with Crippen LogP contribution in [0.15, 0.2) is 72.8 Å². The molecule has 0 radical (unpaired) electrons. The van der Waals surface area contributed by atoms with Crippen molar-refractivity contribution in [2.24, 2.45) is 0 Å². The summed E-state index contributed by atoms with van der Waals surface area (Å²) in [5.41, 5.74) is 4.30. The summed E-state index contributed by atoms with van der Waals surface area (Å²) in [5, 5.41) is 0. The lowest BCUT2D eigenvalue weighted by Gasteiger charge is -2.19. The van der Waals surface area contributed by atoms with E-state index in [1.807, 2.05) is 24.3 Å². The van der Waals surface area contributed by atoms with E-state index >= 15 is 0 Å². The molecule has 3 aromatic rings. The predicted octanol–water partition coefficient (Wildman–Crippen LogP) is 4.75. The van der Waals surface area contributed by atoms with Gasteiger partial charge in [0.2, 0.25) is 0 Å². The molecule has 0 saturated heterocycles. The highest BCUT2D eigenvalue weighted by molar-refractivity contribution is 6.21. The lowest BCUT2D eigenvalue weighted by atomic mass is 10.1. The molecule has 3 aromatic carbocycles. The fourth-order valence-electron chi connectivity index (χ4n) is 3.53. The molecule has 0 N–H and O–H groups in total. The number of fused-ring (bicyclic) bond motifs is 1. The second kappa shape index (κ2) is 10.4. The first-order valence-electron chi connectivity index (χ1n) is 11.0. The Morgan fingerprint density at radius 1 is 0.788 bits per heavy atom. The third kappa shape index (κ3) is 5.66. The second-order valence-electron chi connectivity index (χ2n) is 7.99. The third-order valence-corrected chi connectivity index (χ3v) is 5.51. The van der Waals surface area contributed by atoms with Gasteiger partial charge in [-0.2, -0.15) is 0 Å². The summed E-state index contributed by atoms with van der Waals surface area (Å²) in [6.45, 7) is 4.66. The highest BCUT2D eigenvalue weighted by atomic mass is 16.7. The number of carbonyl (C=O) groups excluding carboxylic acids is 2. The van der Waals surface area contributed by atoms with E-state index < -0.39 is 6.29 Å². The molecule has 1 aliphatic rings. The lowest BCUT2D eigenvalue weighted by Crippen LogP contribution is -2.34. The minimum Gasteiger partial charge on any atom is -0.489 e. The van der Waals surface area contributed by atoms with Crippen LogP contribution in [0.1, 0.15) is 44.3 Å². The maximum Gasteiger partial charge on any atom is 0.263 e. The number of nitrogens with zero attached hydrogens (tertiary/aromatic N) is 1. The molecule has 1 atom stereocenters. The van der Waals surface area contributed by atoms with Gasteiger partial charge in [0.25, 0.3) is 11.8 Å². The van der Waals surface area contributed by atoms with E-state index in [1.165, 1.54) is 5.56 Å². The molecule has 33 heavy (non-hydrogen) atoms. The van der Waals surface area contributed by atoms with Crippen molar-refractivity contribution < 1.29 is 23.8 Å². The number of imide groups is 1. The van der Waals surface area contributed by atoms with Gasteiger partial charge in [0.1, 0.15) is 19.1 Å². The molecule has 1 heterocycles. The standard InChI is InChI=1S/C27H27NO5/c1-19-7-9-22(10-8-19)17-32-23-13-11-21(12-14-23)15-16-31-20(2)33-18-28-26(29)24-5-3-4-6-25(24)27(28)30/h3-14,20H,15-18H2,1-2H3. The molecule has 0 spiro atoms. The van der Waals surface area contributed by atoms with Crippen molar-refractivity contribution in [3.8, 4) is 5.75 Å². The fourth-order valence-corrected chi connectivity index (χ4v) is 3.53. The smallest absolute Gasteiger partial charge is 0.263 e. The number of amides is 2. The van der Waals surface area contributed by atoms with Crippen LogP contribution in [-0.2, 0) is 22.5 Å². The van der Waals surface area contributed by atoms with Gasteiger partial charge in [0, 0.05) is 0 Å². The summed E-state index contributed by atoms with van der Waals surface area (Å²) >= 11 is 0. The second-order valence-corrected chi connectivity index (χ2v) is 7.99. The summed E-state index contributed by atoms with van der Waals surface area (Å²) in [5.74, 6) is 0.137. The van der Waals surface area contributed by atoms with Crippen LogP contribution in [-0.4, -0.2) is 36.3 Å². The summed E-state index contributed by atoms with van der Waals surface area (Å²) in [4.78, 5) is 25.8. The quantitative estimate of drug-likeness (QED) is 0.333. The van der Waals surface area contributed by atoms with Gasteiger partial charge in [0.05, 0.1) is 17.7 Å². The van der Waals surface area contributed by atoms with E-state index in [9.17, 15) is 9.59 Å². The molecular weight excluding hydrogens is 418 g/mol. The number of ether oxygens (including phenoxy) is 3. The first-order valence-corrected chi connectivity index (χ1v) is 11.0. The first-order chi connectivity index (χ1) is 16.0. The molecule has 0 saturated carbocycles. The van der Waals surface area contributed by atoms with Gasteiger partial charge >= 0.3 is 0 Å². The van der Waals surface area contributed by atoms with Crippen molar-refractivity contribution in [1.29, 1.82) is 0 Å². The Morgan fingerprint density at radius 2 is 1.39 bits per heavy atom. The van der Waals surface area contributed by atoms with Crippen LogP contribution in [0.25, 0.3) is 0 Å². The van der Waals surface area contributed by atoms with Crippen molar-refractivity contribution in [2.45, 2.75) is 33.2 Å². The Balaban J connectivity index is 1.17. The zero-order valence-corrected chi connectivity index (χ0v) is 18.8. The van der Waals surface area contributed by atoms with E-state index in [1.54, 1.807) is 31.2 Å². The monoisotopic (exact) mass is 445 g/mol. The van der Waals surface area contributed by atoms with Crippen LogP contribution >= 0.6 is 0 Å². The Hall–Kier alpha value is -3.48. The van der Waals surface area contributed by atoms with Crippen molar-refractivity contribution in [2.75, 3.05) is 13.3 Å². The van der Waals surface area contributed by atoms with Crippen LogP contribution in [0.5, 0.6) is 5.75 Å². The molecule has 1 unspecified atom stereocenters. The van der Waals surface area contributed by atoms with Gasteiger partial charge in [-0.3, -0.25) is 9.59 Å². The van der Waals surface area contributed by atoms with Crippen LogP contribution in [0, 0.1) is 6.92 Å². The van der Waals surface area contributed by atoms with E-state index in [2.05, 4.69) is 31.2 Å². The number of aryl methyl sites for hydroxylation is 1. The Morgan fingerprint density at radius 3 is 2.03 bits per heavy atom. The van der Waals surface area contributed by atoms with Gasteiger partial charge in [-0.1, -0.05) is 54.1 Å². The SMILES string of the molecule is Cc1ccc(COc2ccc(CCOC(C)OCN3C(=O)c4ccccc4C3=O)cc2)cc1. The van der Waals surface area contributed by atoms with Crippen LogP contribution in [0.4, 0.5) is 0 Å². The number of rotatable bonds is 10. The average Bonchev–Trinajstić information content (AvgIpc) is 3.08. The number of carbonyl (C=O) groups is 2. The minimum atomic E-state index is -0.550. The molecule has 0 aromatic heterocycles. The molecule has 0 aliphatic carbocycles. The molecular formula is C27H27NO5. The predicted molar refractivity (Wildman–Crippen MR) is 124 cm³/mol. The summed E-state index contributed by atoms with van der Waals surface area (Å²) in [6, 6.07) is 23.0. The highest BCUT2D eigenvalue weighted by Crippen LogP contribution is 2.22. The first kappa shape index (κ1) is 22.7. The molecule has 1 aliphatic heterocycles. The van der Waals surface area contributed by atoms with Crippen molar-refractivity contribution in [3.05, 3.63) is 101 Å². The van der Waals surface area contributed by atoms with Crippen LogP contribution in [0.2, 0.25) is 0 Å². The highest BCUT2D eigenvalue weighted by Gasteiger charge is 2.35. The van der Waals surface area contributed by atoms with Crippen LogP contribution in [0.3, 0.4) is 0 Å². The number of benzene rings is 3. The maximum absolute atomic E-state index is 12.4. The van der Waals surface area contributed by atoms with Gasteiger partial charge in [0.15, 0.2) is 6.29 Å². The van der Waals surface area contributed by atoms with Gasteiger partial charge < -0.3 is 14.2 Å². The zero-order valence-electron chi connectivity index (χ0n) is 18.8. The van der Waals surface area contributed by atoms with Crippen molar-refractivity contribution in [1.82, 2.24) is 4.90 Å². The largest absolute Gasteiger partial charge is 0.489 e. The number of hydrogen-bond donors (Lipinski definition) is 0.